The molecule has 0 aliphatic heterocycles. The summed E-state index contributed by atoms with van der Waals surface area (Å²) in [5, 5.41) is 3.70. The fraction of sp³-hybridized carbons (Fsp3) is 0.111. The fourth-order valence-electron chi connectivity index (χ4n) is 2.14. The number of hydrogen-bond donors (Lipinski definition) is 0. The van der Waals surface area contributed by atoms with E-state index in [1.165, 1.54) is 11.3 Å². The zero-order valence-electron chi connectivity index (χ0n) is 12.5. The van der Waals surface area contributed by atoms with Crippen LogP contribution in [0, 0.1) is 0 Å². The minimum absolute atomic E-state index is 0.0359. The predicted octanol–water partition coefficient (Wildman–Crippen LogP) is 5.40. The van der Waals surface area contributed by atoms with Crippen LogP contribution in [0.15, 0.2) is 53.9 Å². The Morgan fingerprint density at radius 1 is 1.04 bits per heavy atom. The number of ether oxygens (including phenoxy) is 1. The molecule has 0 saturated heterocycles. The average molecular weight is 378 g/mol. The Bertz CT molecular complexity index is 829. The number of benzene rings is 2. The summed E-state index contributed by atoms with van der Waals surface area (Å²) in [5.41, 5.74) is 2.34. The number of esters is 1. The maximum absolute atomic E-state index is 12.0. The third-order valence-corrected chi connectivity index (χ3v) is 4.98. The van der Waals surface area contributed by atoms with Crippen LogP contribution in [-0.2, 0) is 22.6 Å². The van der Waals surface area contributed by atoms with Gasteiger partial charge in [0.05, 0.1) is 12.1 Å². The second-order valence-corrected chi connectivity index (χ2v) is 6.72. The molecule has 0 saturated carbocycles. The molecule has 24 heavy (non-hydrogen) atoms. The molecule has 0 radical (unpaired) electrons. The molecule has 1 heterocycles. The molecule has 3 rings (SSSR count). The minimum Gasteiger partial charge on any atom is -0.459 e. The summed E-state index contributed by atoms with van der Waals surface area (Å²) in [5.74, 6) is -0.390. The van der Waals surface area contributed by atoms with E-state index < -0.39 is 0 Å². The molecular formula is C18H13Cl2NO2S. The van der Waals surface area contributed by atoms with Crippen molar-refractivity contribution >= 4 is 40.5 Å². The predicted molar refractivity (Wildman–Crippen MR) is 97.5 cm³/mol. The lowest BCUT2D eigenvalue weighted by Gasteiger charge is -2.06. The summed E-state index contributed by atoms with van der Waals surface area (Å²) < 4.78 is 5.28. The first kappa shape index (κ1) is 17.0. The van der Waals surface area contributed by atoms with Gasteiger partial charge in [0.2, 0.25) is 0 Å². The summed E-state index contributed by atoms with van der Waals surface area (Å²) in [7, 11) is 0. The molecule has 0 unspecified atom stereocenters. The highest BCUT2D eigenvalue weighted by molar-refractivity contribution is 7.13. The van der Waals surface area contributed by atoms with E-state index in [1.54, 1.807) is 18.2 Å². The lowest BCUT2D eigenvalue weighted by molar-refractivity contribution is -0.144. The van der Waals surface area contributed by atoms with Gasteiger partial charge in [0.15, 0.2) is 0 Å². The van der Waals surface area contributed by atoms with Gasteiger partial charge in [-0.1, -0.05) is 59.6 Å². The third-order valence-electron chi connectivity index (χ3n) is 3.34. The van der Waals surface area contributed by atoms with Crippen molar-refractivity contribution in [3.05, 3.63) is 75.2 Å². The Kier molecular flexibility index (Phi) is 5.51. The molecule has 0 N–H and O–H groups in total. The second kappa shape index (κ2) is 7.79. The number of hydrogen-bond acceptors (Lipinski definition) is 4. The molecular weight excluding hydrogens is 365 g/mol. The lowest BCUT2D eigenvalue weighted by Crippen LogP contribution is -2.09. The Labute approximate surface area is 153 Å². The average Bonchev–Trinajstić information content (AvgIpc) is 3.06. The quantitative estimate of drug-likeness (QED) is 0.558. The highest BCUT2D eigenvalue weighted by Crippen LogP contribution is 2.26. The molecule has 0 aliphatic rings. The number of nitrogens with zero attached hydrogens (tertiary/aromatic N) is 1. The summed E-state index contributed by atoms with van der Waals surface area (Å²) in [6.45, 7) is 0.129. The number of aromatic nitrogens is 1. The smallest absolute Gasteiger partial charge is 0.310 e. The van der Waals surface area contributed by atoms with Crippen LogP contribution in [0.3, 0.4) is 0 Å². The molecule has 2 aromatic carbocycles. The van der Waals surface area contributed by atoms with Crippen LogP contribution >= 0.6 is 34.5 Å². The first-order valence-corrected chi connectivity index (χ1v) is 8.85. The van der Waals surface area contributed by atoms with E-state index >= 15 is 0 Å². The molecule has 0 atom stereocenters. The molecule has 1 aromatic heterocycles. The summed E-state index contributed by atoms with van der Waals surface area (Å²) in [6, 6.07) is 15.0. The van der Waals surface area contributed by atoms with E-state index in [0.717, 1.165) is 16.3 Å². The van der Waals surface area contributed by atoms with Crippen LogP contribution in [0.2, 0.25) is 10.0 Å². The first-order valence-electron chi connectivity index (χ1n) is 7.22. The first-order chi connectivity index (χ1) is 11.6. The summed E-state index contributed by atoms with van der Waals surface area (Å²) in [6.07, 6.45) is 0.0359. The lowest BCUT2D eigenvalue weighted by atomic mass is 10.1. The number of rotatable bonds is 5. The molecule has 0 aliphatic carbocycles. The number of carbonyl (C=O) groups is 1. The van der Waals surface area contributed by atoms with Crippen molar-refractivity contribution in [2.24, 2.45) is 0 Å². The molecule has 0 bridgehead atoms. The number of thiazole rings is 1. The van der Waals surface area contributed by atoms with Gasteiger partial charge in [-0.15, -0.1) is 11.3 Å². The van der Waals surface area contributed by atoms with Gasteiger partial charge < -0.3 is 4.74 Å². The van der Waals surface area contributed by atoms with E-state index in [4.69, 9.17) is 27.9 Å². The highest BCUT2D eigenvalue weighted by atomic mass is 35.5. The van der Waals surface area contributed by atoms with Gasteiger partial charge in [-0.2, -0.15) is 0 Å². The van der Waals surface area contributed by atoms with Crippen LogP contribution in [0.25, 0.3) is 10.6 Å². The van der Waals surface area contributed by atoms with Gasteiger partial charge in [-0.3, -0.25) is 4.79 Å². The Balaban J connectivity index is 1.60. The normalized spacial score (nSPS) is 10.6. The zero-order chi connectivity index (χ0) is 16.9. The highest BCUT2D eigenvalue weighted by Gasteiger charge is 2.13. The van der Waals surface area contributed by atoms with E-state index in [9.17, 15) is 4.79 Å². The van der Waals surface area contributed by atoms with Gasteiger partial charge in [-0.25, -0.2) is 4.98 Å². The van der Waals surface area contributed by atoms with Crippen LogP contribution in [0.4, 0.5) is 0 Å². The standard InChI is InChI=1S/C18H13Cl2NO2S/c19-15-7-4-8-16(20)14(15)9-17(22)23-10-13-11-24-18(21-13)12-5-2-1-3-6-12/h1-8,11H,9-10H2. The Hall–Kier alpha value is -1.88. The molecule has 0 spiro atoms. The van der Waals surface area contributed by atoms with Crippen molar-refractivity contribution in [2.75, 3.05) is 0 Å². The van der Waals surface area contributed by atoms with Gasteiger partial charge in [0.1, 0.15) is 11.6 Å². The monoisotopic (exact) mass is 377 g/mol. The maximum atomic E-state index is 12.0. The van der Waals surface area contributed by atoms with E-state index in [0.29, 0.717) is 15.6 Å². The van der Waals surface area contributed by atoms with Crippen molar-refractivity contribution in [2.45, 2.75) is 13.0 Å². The van der Waals surface area contributed by atoms with Crippen molar-refractivity contribution in [1.29, 1.82) is 0 Å². The minimum atomic E-state index is -0.390. The topological polar surface area (TPSA) is 39.2 Å². The fourth-order valence-corrected chi connectivity index (χ4v) is 3.48. The van der Waals surface area contributed by atoms with Crippen molar-refractivity contribution in [1.82, 2.24) is 4.98 Å². The van der Waals surface area contributed by atoms with Crippen LogP contribution in [0.5, 0.6) is 0 Å². The summed E-state index contributed by atoms with van der Waals surface area (Å²) in [4.78, 5) is 16.5. The summed E-state index contributed by atoms with van der Waals surface area (Å²) >= 11 is 13.6. The van der Waals surface area contributed by atoms with E-state index in [2.05, 4.69) is 4.98 Å². The van der Waals surface area contributed by atoms with E-state index in [-0.39, 0.29) is 19.0 Å². The molecule has 3 aromatic rings. The molecule has 122 valence electrons. The van der Waals surface area contributed by atoms with Crippen LogP contribution in [-0.4, -0.2) is 11.0 Å². The van der Waals surface area contributed by atoms with Crippen molar-refractivity contribution < 1.29 is 9.53 Å². The van der Waals surface area contributed by atoms with Crippen LogP contribution in [0.1, 0.15) is 11.3 Å². The molecule has 3 nitrogen and oxygen atoms in total. The number of halogens is 2. The zero-order valence-corrected chi connectivity index (χ0v) is 14.9. The second-order valence-electron chi connectivity index (χ2n) is 5.05. The Morgan fingerprint density at radius 2 is 1.75 bits per heavy atom. The SMILES string of the molecule is O=C(Cc1c(Cl)cccc1Cl)OCc1csc(-c2ccccc2)n1. The van der Waals surface area contributed by atoms with Crippen LogP contribution < -0.4 is 0 Å². The van der Waals surface area contributed by atoms with Gasteiger partial charge >= 0.3 is 5.97 Å². The molecule has 0 fully saturated rings. The van der Waals surface area contributed by atoms with E-state index in [1.807, 2.05) is 35.7 Å². The van der Waals surface area contributed by atoms with Gasteiger partial charge in [0.25, 0.3) is 0 Å². The largest absolute Gasteiger partial charge is 0.459 e. The van der Waals surface area contributed by atoms with Crippen molar-refractivity contribution in [3.63, 3.8) is 0 Å². The third kappa shape index (κ3) is 4.15. The van der Waals surface area contributed by atoms with Gasteiger partial charge in [0, 0.05) is 26.6 Å². The molecule has 6 heteroatoms. The molecule has 0 amide bonds. The Morgan fingerprint density at radius 3 is 2.46 bits per heavy atom. The van der Waals surface area contributed by atoms with Crippen molar-refractivity contribution in [3.8, 4) is 10.6 Å². The maximum Gasteiger partial charge on any atom is 0.310 e. The van der Waals surface area contributed by atoms with Gasteiger partial charge in [-0.05, 0) is 12.1 Å². The number of carbonyl (C=O) groups excluding carboxylic acids is 1.